The van der Waals surface area contributed by atoms with Crippen LogP contribution in [0.4, 0.5) is 5.69 Å². The van der Waals surface area contributed by atoms with Gasteiger partial charge in [0.25, 0.3) is 0 Å². The Morgan fingerprint density at radius 1 is 0.800 bits per heavy atom. The van der Waals surface area contributed by atoms with Crippen LogP contribution in [-0.2, 0) is 0 Å². The zero-order valence-electron chi connectivity index (χ0n) is 16.1. The Bertz CT molecular complexity index is 699. The van der Waals surface area contributed by atoms with E-state index in [0.29, 0.717) is 11.8 Å². The summed E-state index contributed by atoms with van der Waals surface area (Å²) in [6, 6.07) is 17.8. The molecule has 1 aliphatic rings. The molecule has 1 atom stereocenters. The van der Waals surface area contributed by atoms with Crippen molar-refractivity contribution in [3.8, 4) is 0 Å². The van der Waals surface area contributed by atoms with E-state index in [2.05, 4.69) is 76.2 Å². The molecule has 0 aliphatic heterocycles. The summed E-state index contributed by atoms with van der Waals surface area (Å²) in [5.74, 6) is 1.02. The Morgan fingerprint density at radius 2 is 1.36 bits per heavy atom. The van der Waals surface area contributed by atoms with Crippen LogP contribution in [0.25, 0.3) is 0 Å². The standard InChI is InChI=1S/C23H31NP/c1-17(2)21-15-10-16-22(18(3)4)23(21)24-25(20-13-8-9-14-20)19-11-6-5-7-12-19/h5-7,10-12,15-18,20H,8-9,13-14H2,1-4H3/q+1. The third kappa shape index (κ3) is 4.21. The quantitative estimate of drug-likeness (QED) is 0.494. The first-order chi connectivity index (χ1) is 12.1. The van der Waals surface area contributed by atoms with Gasteiger partial charge in [-0.3, -0.25) is 0 Å². The number of hydrogen-bond donors (Lipinski definition) is 0. The van der Waals surface area contributed by atoms with E-state index in [1.54, 1.807) is 0 Å². The Labute approximate surface area is 154 Å². The summed E-state index contributed by atoms with van der Waals surface area (Å²) in [7, 11) is -0.490. The lowest BCUT2D eigenvalue weighted by Crippen LogP contribution is -2.06. The maximum absolute atomic E-state index is 5.52. The van der Waals surface area contributed by atoms with Gasteiger partial charge in [-0.1, -0.05) is 68.8 Å². The Kier molecular flexibility index (Phi) is 6.07. The fraction of sp³-hybridized carbons (Fsp3) is 0.478. The fourth-order valence-corrected chi connectivity index (χ4v) is 6.29. The lowest BCUT2D eigenvalue weighted by Gasteiger charge is -2.15. The van der Waals surface area contributed by atoms with Crippen LogP contribution in [0, 0.1) is 0 Å². The van der Waals surface area contributed by atoms with Crippen LogP contribution in [0.15, 0.2) is 53.3 Å². The summed E-state index contributed by atoms with van der Waals surface area (Å²) in [5.41, 5.74) is 4.85. The molecule has 0 amide bonds. The third-order valence-corrected chi connectivity index (χ3v) is 7.69. The van der Waals surface area contributed by atoms with E-state index in [-0.39, 0.29) is 0 Å². The van der Waals surface area contributed by atoms with Gasteiger partial charge in [0, 0.05) is 0 Å². The van der Waals surface area contributed by atoms with E-state index in [9.17, 15) is 0 Å². The summed E-state index contributed by atoms with van der Waals surface area (Å²) < 4.78 is 5.52. The zero-order chi connectivity index (χ0) is 17.8. The van der Waals surface area contributed by atoms with Crippen LogP contribution in [0.5, 0.6) is 0 Å². The lowest BCUT2D eigenvalue weighted by molar-refractivity contribution is 0.834. The smallest absolute Gasteiger partial charge is 0.0662 e. The Morgan fingerprint density at radius 3 is 1.88 bits per heavy atom. The van der Waals surface area contributed by atoms with Gasteiger partial charge >= 0.3 is 0 Å². The molecule has 1 saturated carbocycles. The van der Waals surface area contributed by atoms with Crippen molar-refractivity contribution in [1.29, 1.82) is 0 Å². The molecular formula is C23H31NP+. The molecule has 1 nitrogen and oxygen atoms in total. The molecule has 0 bridgehead atoms. The minimum Gasteiger partial charge on any atom is -0.0662 e. The van der Waals surface area contributed by atoms with Gasteiger partial charge in [-0.05, 0) is 60.8 Å². The average molecular weight is 352 g/mol. The molecule has 0 saturated heterocycles. The molecule has 0 heterocycles. The van der Waals surface area contributed by atoms with Crippen molar-refractivity contribution < 1.29 is 0 Å². The van der Waals surface area contributed by atoms with Crippen LogP contribution in [0.2, 0.25) is 0 Å². The van der Waals surface area contributed by atoms with E-state index in [1.807, 2.05) is 0 Å². The van der Waals surface area contributed by atoms with Gasteiger partial charge in [0.2, 0.25) is 7.71 Å². The molecule has 132 valence electrons. The van der Waals surface area contributed by atoms with Crippen LogP contribution in [0.3, 0.4) is 0 Å². The van der Waals surface area contributed by atoms with Crippen LogP contribution < -0.4 is 5.30 Å². The summed E-state index contributed by atoms with van der Waals surface area (Å²) >= 11 is 0. The van der Waals surface area contributed by atoms with Gasteiger partial charge in [0.15, 0.2) is 5.30 Å². The monoisotopic (exact) mass is 352 g/mol. The minimum atomic E-state index is -0.490. The number of nitrogens with zero attached hydrogens (tertiary/aromatic N) is 1. The van der Waals surface area contributed by atoms with E-state index < -0.39 is 7.71 Å². The third-order valence-electron chi connectivity index (χ3n) is 5.24. The normalized spacial score (nSPS) is 16.2. The second kappa shape index (κ2) is 8.28. The highest BCUT2D eigenvalue weighted by Gasteiger charge is 2.33. The predicted molar refractivity (Wildman–Crippen MR) is 112 cm³/mol. The van der Waals surface area contributed by atoms with E-state index in [0.717, 1.165) is 5.66 Å². The van der Waals surface area contributed by atoms with E-state index in [1.165, 1.54) is 47.8 Å². The molecule has 2 heteroatoms. The highest BCUT2D eigenvalue weighted by Crippen LogP contribution is 2.47. The summed E-state index contributed by atoms with van der Waals surface area (Å²) in [6.07, 6.45) is 5.42. The predicted octanol–water partition coefficient (Wildman–Crippen LogP) is 7.50. The Hall–Kier alpha value is -1.46. The molecule has 0 radical (unpaired) electrons. The molecule has 3 rings (SSSR count). The molecule has 25 heavy (non-hydrogen) atoms. The van der Waals surface area contributed by atoms with Crippen molar-refractivity contribution in [2.45, 2.75) is 70.9 Å². The van der Waals surface area contributed by atoms with Gasteiger partial charge in [0.05, 0.1) is 0 Å². The number of rotatable bonds is 5. The first-order valence-corrected chi connectivity index (χ1v) is 11.1. The molecule has 0 N–H and O–H groups in total. The number of benzene rings is 2. The van der Waals surface area contributed by atoms with Crippen LogP contribution in [0.1, 0.15) is 76.3 Å². The fourth-order valence-electron chi connectivity index (χ4n) is 3.81. The molecule has 2 aromatic carbocycles. The largest absolute Gasteiger partial charge is 0.247 e. The van der Waals surface area contributed by atoms with Gasteiger partial charge < -0.3 is 0 Å². The molecule has 0 spiro atoms. The second-order valence-corrected chi connectivity index (χ2v) is 9.95. The van der Waals surface area contributed by atoms with Crippen molar-refractivity contribution >= 4 is 18.7 Å². The van der Waals surface area contributed by atoms with Gasteiger partial charge in [-0.2, -0.15) is 0 Å². The Balaban J connectivity index is 2.17. The van der Waals surface area contributed by atoms with Gasteiger partial charge in [-0.25, -0.2) is 0 Å². The molecule has 1 fully saturated rings. The summed E-state index contributed by atoms with van der Waals surface area (Å²) in [6.45, 7) is 9.16. The molecule has 1 unspecified atom stereocenters. The average Bonchev–Trinajstić information content (AvgIpc) is 3.14. The molecular weight excluding hydrogens is 321 g/mol. The van der Waals surface area contributed by atoms with E-state index >= 15 is 0 Å². The first kappa shape index (κ1) is 18.3. The maximum Gasteiger partial charge on any atom is 0.247 e. The van der Waals surface area contributed by atoms with Crippen molar-refractivity contribution in [2.24, 2.45) is 4.74 Å². The second-order valence-electron chi connectivity index (χ2n) is 7.81. The van der Waals surface area contributed by atoms with Crippen molar-refractivity contribution in [1.82, 2.24) is 0 Å². The minimum absolute atomic E-state index is 0.490. The van der Waals surface area contributed by atoms with E-state index in [4.69, 9.17) is 4.74 Å². The lowest BCUT2D eigenvalue weighted by atomic mass is 9.93. The summed E-state index contributed by atoms with van der Waals surface area (Å²) in [5, 5.41) is 1.44. The molecule has 0 aromatic heterocycles. The van der Waals surface area contributed by atoms with Crippen LogP contribution >= 0.6 is 7.71 Å². The number of hydrogen-bond acceptors (Lipinski definition) is 1. The molecule has 2 aromatic rings. The first-order valence-electron chi connectivity index (χ1n) is 9.76. The van der Waals surface area contributed by atoms with Gasteiger partial charge in [-0.15, -0.1) is 0 Å². The van der Waals surface area contributed by atoms with Crippen LogP contribution in [-0.4, -0.2) is 5.66 Å². The molecule has 1 aliphatic carbocycles. The topological polar surface area (TPSA) is 12.4 Å². The van der Waals surface area contributed by atoms with Crippen molar-refractivity contribution in [3.63, 3.8) is 0 Å². The maximum atomic E-state index is 5.52. The zero-order valence-corrected chi connectivity index (χ0v) is 17.0. The SMILES string of the molecule is CC(C)c1cccc(C(C)C)c1N=[P+](c1ccccc1)C1CCCC1. The summed E-state index contributed by atoms with van der Waals surface area (Å²) in [4.78, 5) is 0. The van der Waals surface area contributed by atoms with Gasteiger partial charge in [0.1, 0.15) is 11.3 Å². The highest BCUT2D eigenvalue weighted by molar-refractivity contribution is 7.56. The van der Waals surface area contributed by atoms with Crippen molar-refractivity contribution in [2.75, 3.05) is 0 Å². The highest BCUT2D eigenvalue weighted by atomic mass is 31.1. The van der Waals surface area contributed by atoms with Crippen molar-refractivity contribution in [3.05, 3.63) is 59.7 Å².